The first-order chi connectivity index (χ1) is 14.6. The number of rotatable bonds is 6. The average Bonchev–Trinajstić information content (AvgIpc) is 3.07. The number of carbonyl (C=O) groups excluding carboxylic acids is 2. The summed E-state index contributed by atoms with van der Waals surface area (Å²) in [5.41, 5.74) is -0.927. The van der Waals surface area contributed by atoms with Crippen LogP contribution in [0.3, 0.4) is 0 Å². The van der Waals surface area contributed by atoms with Gasteiger partial charge in [0.05, 0.1) is 16.0 Å². The number of hydrogen-bond donors (Lipinski definition) is 1. The number of esters is 1. The zero-order chi connectivity index (χ0) is 22.8. The minimum Gasteiger partial charge on any atom is -0.454 e. The number of hydrogen-bond acceptors (Lipinski definition) is 6. The number of imidazole rings is 1. The maximum absolute atomic E-state index is 13.3. The van der Waals surface area contributed by atoms with E-state index in [4.69, 9.17) is 4.74 Å². The van der Waals surface area contributed by atoms with E-state index < -0.39 is 53.5 Å². The highest BCUT2D eigenvalue weighted by atomic mass is 19.4. The molecule has 0 atom stereocenters. The standard InChI is InChI=1S/C18H12F4N4O5/c19-11-6-5-10(7-14(11)26(29)30)23-15(27)9-31-16(28)8-25-13-4-2-1-3-12(13)24-17(25)18(20,21)22/h1-7H,8-9H2,(H,23,27). The predicted octanol–water partition coefficient (Wildman–Crippen LogP) is 3.28. The molecule has 0 aliphatic carbocycles. The lowest BCUT2D eigenvalue weighted by atomic mass is 10.2. The van der Waals surface area contributed by atoms with Crippen molar-refractivity contribution >= 4 is 34.3 Å². The van der Waals surface area contributed by atoms with Gasteiger partial charge >= 0.3 is 17.8 Å². The molecule has 162 valence electrons. The Morgan fingerprint density at radius 2 is 1.90 bits per heavy atom. The van der Waals surface area contributed by atoms with E-state index in [1.807, 2.05) is 0 Å². The number of para-hydroxylation sites is 2. The third-order valence-corrected chi connectivity index (χ3v) is 3.99. The molecule has 0 aliphatic rings. The van der Waals surface area contributed by atoms with Gasteiger partial charge in [-0.2, -0.15) is 17.6 Å². The Hall–Kier alpha value is -4.03. The number of amides is 1. The zero-order valence-corrected chi connectivity index (χ0v) is 15.4. The minimum atomic E-state index is -4.83. The summed E-state index contributed by atoms with van der Waals surface area (Å²) in [6.45, 7) is -1.73. The van der Waals surface area contributed by atoms with Crippen LogP contribution in [0.4, 0.5) is 28.9 Å². The summed E-state index contributed by atoms with van der Waals surface area (Å²) in [7, 11) is 0. The SMILES string of the molecule is O=C(COC(=O)Cn1c(C(F)(F)F)nc2ccccc21)Nc1ccc(F)c([N+](=O)[O-])c1. The lowest BCUT2D eigenvalue weighted by molar-refractivity contribution is -0.387. The van der Waals surface area contributed by atoms with Gasteiger partial charge < -0.3 is 14.6 Å². The second-order valence-electron chi connectivity index (χ2n) is 6.14. The summed E-state index contributed by atoms with van der Waals surface area (Å²) in [6, 6.07) is 8.24. The number of alkyl halides is 3. The van der Waals surface area contributed by atoms with Gasteiger partial charge in [-0.05, 0) is 24.3 Å². The Morgan fingerprint density at radius 1 is 1.19 bits per heavy atom. The highest BCUT2D eigenvalue weighted by Gasteiger charge is 2.38. The fourth-order valence-corrected chi connectivity index (χ4v) is 2.70. The summed E-state index contributed by atoms with van der Waals surface area (Å²) in [5.74, 6) is -4.48. The fourth-order valence-electron chi connectivity index (χ4n) is 2.70. The van der Waals surface area contributed by atoms with Crippen molar-refractivity contribution in [3.63, 3.8) is 0 Å². The van der Waals surface area contributed by atoms with Crippen LogP contribution < -0.4 is 5.32 Å². The van der Waals surface area contributed by atoms with Crippen LogP contribution in [0.15, 0.2) is 42.5 Å². The molecule has 1 aromatic heterocycles. The lowest BCUT2D eigenvalue weighted by Gasteiger charge is -2.11. The van der Waals surface area contributed by atoms with Crippen LogP contribution in [0.1, 0.15) is 5.82 Å². The number of halogens is 4. The van der Waals surface area contributed by atoms with Crippen molar-refractivity contribution in [2.45, 2.75) is 12.7 Å². The summed E-state index contributed by atoms with van der Waals surface area (Å²) in [6.07, 6.45) is -4.83. The van der Waals surface area contributed by atoms with E-state index in [0.29, 0.717) is 4.57 Å². The molecule has 0 saturated carbocycles. The molecule has 0 fully saturated rings. The molecule has 0 unspecified atom stereocenters. The highest BCUT2D eigenvalue weighted by Crippen LogP contribution is 2.31. The molecule has 1 amide bonds. The van der Waals surface area contributed by atoms with Crippen molar-refractivity contribution in [3.05, 3.63) is 64.2 Å². The van der Waals surface area contributed by atoms with Gasteiger partial charge in [0.15, 0.2) is 6.61 Å². The smallest absolute Gasteiger partial charge is 0.449 e. The Balaban J connectivity index is 1.67. The van der Waals surface area contributed by atoms with Crippen LogP contribution in [0.5, 0.6) is 0 Å². The maximum Gasteiger partial charge on any atom is 0.449 e. The van der Waals surface area contributed by atoms with Crippen molar-refractivity contribution < 1.29 is 36.8 Å². The van der Waals surface area contributed by atoms with Crippen molar-refractivity contribution in [1.29, 1.82) is 0 Å². The predicted molar refractivity (Wildman–Crippen MR) is 97.4 cm³/mol. The maximum atomic E-state index is 13.3. The molecule has 0 saturated heterocycles. The van der Waals surface area contributed by atoms with E-state index >= 15 is 0 Å². The summed E-state index contributed by atoms with van der Waals surface area (Å²) < 4.78 is 58.3. The van der Waals surface area contributed by atoms with E-state index in [-0.39, 0.29) is 16.7 Å². The molecular weight excluding hydrogens is 428 g/mol. The molecule has 0 bridgehead atoms. The van der Waals surface area contributed by atoms with Gasteiger partial charge in [0.25, 0.3) is 5.91 Å². The van der Waals surface area contributed by atoms with Gasteiger partial charge in [-0.15, -0.1) is 0 Å². The molecule has 0 radical (unpaired) electrons. The number of nitrogens with one attached hydrogen (secondary N) is 1. The monoisotopic (exact) mass is 440 g/mol. The van der Waals surface area contributed by atoms with Crippen molar-refractivity contribution in [3.8, 4) is 0 Å². The number of nitro groups is 1. The van der Waals surface area contributed by atoms with E-state index in [1.165, 1.54) is 24.3 Å². The topological polar surface area (TPSA) is 116 Å². The molecule has 31 heavy (non-hydrogen) atoms. The van der Waals surface area contributed by atoms with Gasteiger partial charge in [0.1, 0.15) is 6.54 Å². The third-order valence-electron chi connectivity index (χ3n) is 3.99. The van der Waals surface area contributed by atoms with Crippen molar-refractivity contribution in [2.75, 3.05) is 11.9 Å². The Morgan fingerprint density at radius 3 is 2.58 bits per heavy atom. The van der Waals surface area contributed by atoms with Crippen LogP contribution in [0.2, 0.25) is 0 Å². The average molecular weight is 440 g/mol. The van der Waals surface area contributed by atoms with E-state index in [2.05, 4.69) is 10.3 Å². The van der Waals surface area contributed by atoms with E-state index in [9.17, 15) is 37.3 Å². The zero-order valence-electron chi connectivity index (χ0n) is 15.4. The Bertz CT molecular complexity index is 1180. The molecular formula is C18H12F4N4O5. The largest absolute Gasteiger partial charge is 0.454 e. The van der Waals surface area contributed by atoms with Gasteiger partial charge in [-0.25, -0.2) is 4.98 Å². The molecule has 1 N–H and O–H groups in total. The molecule has 2 aromatic carbocycles. The van der Waals surface area contributed by atoms with Crippen LogP contribution >= 0.6 is 0 Å². The van der Waals surface area contributed by atoms with Crippen LogP contribution in [-0.2, 0) is 27.0 Å². The number of aromatic nitrogens is 2. The first kappa shape index (κ1) is 21.7. The normalized spacial score (nSPS) is 11.4. The quantitative estimate of drug-likeness (QED) is 0.272. The number of carbonyl (C=O) groups is 2. The van der Waals surface area contributed by atoms with Crippen LogP contribution in [0, 0.1) is 15.9 Å². The number of anilines is 1. The van der Waals surface area contributed by atoms with Crippen LogP contribution in [0.25, 0.3) is 11.0 Å². The van der Waals surface area contributed by atoms with Gasteiger partial charge in [0.2, 0.25) is 11.6 Å². The van der Waals surface area contributed by atoms with Crippen LogP contribution in [-0.4, -0.2) is 33.0 Å². The van der Waals surface area contributed by atoms with Crippen molar-refractivity contribution in [2.24, 2.45) is 0 Å². The Kier molecular flexibility index (Phi) is 5.86. The molecule has 13 heteroatoms. The third kappa shape index (κ3) is 4.94. The molecule has 9 nitrogen and oxygen atoms in total. The number of ether oxygens (including phenoxy) is 1. The summed E-state index contributed by atoms with van der Waals surface area (Å²) >= 11 is 0. The number of nitro benzene ring substituents is 1. The molecule has 0 spiro atoms. The van der Waals surface area contributed by atoms with Gasteiger partial charge in [-0.3, -0.25) is 19.7 Å². The molecule has 3 aromatic rings. The van der Waals surface area contributed by atoms with E-state index in [0.717, 1.165) is 18.2 Å². The fraction of sp³-hybridized carbons (Fsp3) is 0.167. The summed E-state index contributed by atoms with van der Waals surface area (Å²) in [5, 5.41) is 12.9. The van der Waals surface area contributed by atoms with E-state index in [1.54, 1.807) is 0 Å². The lowest BCUT2D eigenvalue weighted by Crippen LogP contribution is -2.25. The minimum absolute atomic E-state index is 0.0262. The molecule has 1 heterocycles. The number of benzene rings is 2. The molecule has 0 aliphatic heterocycles. The second-order valence-corrected chi connectivity index (χ2v) is 6.14. The number of fused-ring (bicyclic) bond motifs is 1. The second kappa shape index (κ2) is 8.38. The first-order valence-electron chi connectivity index (χ1n) is 8.48. The highest BCUT2D eigenvalue weighted by molar-refractivity contribution is 5.93. The summed E-state index contributed by atoms with van der Waals surface area (Å²) in [4.78, 5) is 37.1. The Labute approximate surface area is 170 Å². The number of nitrogens with zero attached hydrogens (tertiary/aromatic N) is 3. The van der Waals surface area contributed by atoms with Gasteiger partial charge in [0, 0.05) is 11.8 Å². The van der Waals surface area contributed by atoms with Crippen molar-refractivity contribution in [1.82, 2.24) is 9.55 Å². The molecule has 3 rings (SSSR count). The van der Waals surface area contributed by atoms with Gasteiger partial charge in [-0.1, -0.05) is 12.1 Å². The first-order valence-corrected chi connectivity index (χ1v) is 8.48.